The molecule has 0 aliphatic heterocycles. The summed E-state index contributed by atoms with van der Waals surface area (Å²) in [6, 6.07) is 16.4. The van der Waals surface area contributed by atoms with Gasteiger partial charge in [0.2, 0.25) is 0 Å². The number of hydrogen-bond donors (Lipinski definition) is 1. The third kappa shape index (κ3) is 9.48. The number of nitrogens with one attached hydrogen (secondary N) is 1. The van der Waals surface area contributed by atoms with Crippen molar-refractivity contribution in [2.24, 2.45) is 7.05 Å². The summed E-state index contributed by atoms with van der Waals surface area (Å²) in [5.74, 6) is -1.11. The van der Waals surface area contributed by atoms with Gasteiger partial charge in [0.1, 0.15) is 29.4 Å². The summed E-state index contributed by atoms with van der Waals surface area (Å²) in [4.78, 5) is 31.0. The van der Waals surface area contributed by atoms with Gasteiger partial charge in [0.25, 0.3) is 5.91 Å². The van der Waals surface area contributed by atoms with E-state index in [1.165, 1.54) is 24.3 Å². The highest BCUT2D eigenvalue weighted by Crippen LogP contribution is 2.33. The maximum atomic E-state index is 13.9. The van der Waals surface area contributed by atoms with Gasteiger partial charge in [-0.3, -0.25) is 4.79 Å². The number of esters is 1. The lowest BCUT2D eigenvalue weighted by molar-refractivity contribution is -0.157. The number of aromatic nitrogens is 2. The quantitative estimate of drug-likeness (QED) is 0.161. The summed E-state index contributed by atoms with van der Waals surface area (Å²) >= 11 is 1.56. The van der Waals surface area contributed by atoms with Crippen molar-refractivity contribution >= 4 is 23.6 Å². The molecule has 0 aliphatic carbocycles. The number of carbonyl (C=O) groups excluding carboxylic acids is 2. The highest BCUT2D eigenvalue weighted by atomic mass is 32.2. The monoisotopic (exact) mass is 635 g/mol. The van der Waals surface area contributed by atoms with Crippen LogP contribution in [0.5, 0.6) is 0 Å². The van der Waals surface area contributed by atoms with Gasteiger partial charge < -0.3 is 19.4 Å². The summed E-state index contributed by atoms with van der Waals surface area (Å²) in [5.41, 5.74) is 3.16. The van der Waals surface area contributed by atoms with Crippen molar-refractivity contribution in [3.05, 3.63) is 113 Å². The number of benzene rings is 3. The molecule has 0 radical (unpaired) electrons. The minimum atomic E-state index is -0.854. The lowest BCUT2D eigenvalue weighted by atomic mass is 9.92. The topological polar surface area (TPSA) is 82.5 Å². The van der Waals surface area contributed by atoms with Crippen molar-refractivity contribution in [3.63, 3.8) is 0 Å². The molecule has 0 saturated carbocycles. The Morgan fingerprint density at radius 1 is 0.978 bits per heavy atom. The molecule has 1 aromatic heterocycles. The van der Waals surface area contributed by atoms with Crippen LogP contribution in [0.4, 0.5) is 8.78 Å². The minimum Gasteiger partial charge on any atom is -0.458 e. The van der Waals surface area contributed by atoms with Gasteiger partial charge in [-0.25, -0.2) is 18.6 Å². The van der Waals surface area contributed by atoms with Gasteiger partial charge in [0.05, 0.1) is 12.9 Å². The van der Waals surface area contributed by atoms with Crippen LogP contribution in [0.25, 0.3) is 11.1 Å². The van der Waals surface area contributed by atoms with Crippen molar-refractivity contribution in [1.29, 1.82) is 0 Å². The molecule has 2 atom stereocenters. The SMILES string of the molecule is CSCC[C@H](NC(=O)c1ccc(C(OCCc2cncn2C)c2ccc(F)cc2)cc1-c1ccc(F)cc1)C(=O)OC(C)(C)C. The molecule has 3 aromatic carbocycles. The number of imidazole rings is 1. The first kappa shape index (κ1) is 33.9. The molecule has 1 amide bonds. The van der Waals surface area contributed by atoms with Gasteiger partial charge in [-0.1, -0.05) is 30.3 Å². The molecule has 0 bridgehead atoms. The van der Waals surface area contributed by atoms with E-state index in [0.29, 0.717) is 47.5 Å². The first-order valence-electron chi connectivity index (χ1n) is 14.7. The zero-order valence-corrected chi connectivity index (χ0v) is 27.0. The first-order valence-corrected chi connectivity index (χ1v) is 16.1. The number of hydrogen-bond acceptors (Lipinski definition) is 6. The molecule has 0 fully saturated rings. The van der Waals surface area contributed by atoms with Crippen LogP contribution in [-0.4, -0.2) is 51.7 Å². The van der Waals surface area contributed by atoms with Crippen LogP contribution in [-0.2, 0) is 27.7 Å². The highest BCUT2D eigenvalue weighted by molar-refractivity contribution is 7.98. The second-order valence-corrected chi connectivity index (χ2v) is 12.7. The van der Waals surface area contributed by atoms with E-state index in [9.17, 15) is 18.4 Å². The van der Waals surface area contributed by atoms with Crippen LogP contribution in [0.1, 0.15) is 60.5 Å². The predicted octanol–water partition coefficient (Wildman–Crippen LogP) is 6.91. The van der Waals surface area contributed by atoms with Gasteiger partial charge in [-0.2, -0.15) is 11.8 Å². The number of aryl methyl sites for hydroxylation is 1. The zero-order chi connectivity index (χ0) is 32.6. The number of carbonyl (C=O) groups is 2. The molecule has 0 saturated heterocycles. The fourth-order valence-corrected chi connectivity index (χ4v) is 5.29. The lowest BCUT2D eigenvalue weighted by Gasteiger charge is -2.25. The van der Waals surface area contributed by atoms with Gasteiger partial charge >= 0.3 is 5.97 Å². The predicted molar refractivity (Wildman–Crippen MR) is 173 cm³/mol. The summed E-state index contributed by atoms with van der Waals surface area (Å²) in [6.07, 6.45) is 5.83. The number of thioether (sulfide) groups is 1. The third-order valence-corrected chi connectivity index (χ3v) is 7.73. The molecule has 1 heterocycles. The molecule has 7 nitrogen and oxygen atoms in total. The van der Waals surface area contributed by atoms with E-state index in [4.69, 9.17) is 9.47 Å². The fraction of sp³-hybridized carbons (Fsp3) is 0.343. The minimum absolute atomic E-state index is 0.302. The molecule has 4 aromatic rings. The zero-order valence-electron chi connectivity index (χ0n) is 26.2. The fourth-order valence-electron chi connectivity index (χ4n) is 4.81. The maximum Gasteiger partial charge on any atom is 0.329 e. The molecule has 1 N–H and O–H groups in total. The molecular weight excluding hydrogens is 596 g/mol. The second-order valence-electron chi connectivity index (χ2n) is 11.7. The van der Waals surface area contributed by atoms with E-state index in [0.717, 1.165) is 11.3 Å². The number of nitrogens with zero attached hydrogens (tertiary/aromatic N) is 2. The molecule has 238 valence electrons. The van der Waals surface area contributed by atoms with E-state index >= 15 is 0 Å². The Labute approximate surface area is 267 Å². The smallest absolute Gasteiger partial charge is 0.329 e. The Balaban J connectivity index is 1.71. The summed E-state index contributed by atoms with van der Waals surface area (Å²) in [7, 11) is 1.91. The Hall–Kier alpha value is -4.02. The molecular formula is C35H39F2N3O4S. The number of rotatable bonds is 13. The van der Waals surface area contributed by atoms with Crippen molar-refractivity contribution in [1.82, 2.24) is 14.9 Å². The van der Waals surface area contributed by atoms with Crippen molar-refractivity contribution in [2.75, 3.05) is 18.6 Å². The molecule has 1 unspecified atom stereocenters. The van der Waals surface area contributed by atoms with Crippen LogP contribution in [0, 0.1) is 11.6 Å². The third-order valence-electron chi connectivity index (χ3n) is 7.09. The lowest BCUT2D eigenvalue weighted by Crippen LogP contribution is -2.44. The number of ether oxygens (including phenoxy) is 2. The molecule has 0 aliphatic rings. The van der Waals surface area contributed by atoms with Crippen molar-refractivity contribution < 1.29 is 27.8 Å². The highest BCUT2D eigenvalue weighted by Gasteiger charge is 2.28. The second kappa shape index (κ2) is 15.3. The summed E-state index contributed by atoms with van der Waals surface area (Å²) in [6.45, 7) is 5.68. The standard InChI is InChI=1S/C35H39F2N3O4S/c1-35(2,3)44-34(42)31(17-19-45-5)39-33(41)29-15-10-25(20-30(29)23-6-11-26(36)12-7-23)32(24-8-13-27(37)14-9-24)43-18-16-28-21-38-22-40(28)4/h6-15,20-22,31-32H,16-19H2,1-5H3,(H,39,41)/t31-,32?/m0/s1. The van der Waals surface area contributed by atoms with Crippen molar-refractivity contribution in [2.45, 2.75) is 51.4 Å². The normalized spacial score (nSPS) is 12.9. The van der Waals surface area contributed by atoms with E-state index < -0.39 is 35.4 Å². The Kier molecular flexibility index (Phi) is 11.5. The van der Waals surface area contributed by atoms with E-state index in [-0.39, 0.29) is 5.82 Å². The van der Waals surface area contributed by atoms with E-state index in [1.54, 1.807) is 81.5 Å². The van der Waals surface area contributed by atoms with Crippen molar-refractivity contribution in [3.8, 4) is 11.1 Å². The number of amides is 1. The summed E-state index contributed by atoms with van der Waals surface area (Å²) < 4.78 is 41.7. The van der Waals surface area contributed by atoms with Gasteiger partial charge in [0.15, 0.2) is 0 Å². The van der Waals surface area contributed by atoms with Gasteiger partial charge in [-0.15, -0.1) is 0 Å². The Bertz CT molecular complexity index is 1580. The average Bonchev–Trinajstić information content (AvgIpc) is 3.41. The average molecular weight is 636 g/mol. The first-order chi connectivity index (χ1) is 21.4. The van der Waals surface area contributed by atoms with Gasteiger partial charge in [0, 0.05) is 30.9 Å². The van der Waals surface area contributed by atoms with Gasteiger partial charge in [-0.05, 0) is 97.9 Å². The van der Waals surface area contributed by atoms with Crippen LogP contribution >= 0.6 is 11.8 Å². The molecule has 45 heavy (non-hydrogen) atoms. The Morgan fingerprint density at radius 3 is 2.22 bits per heavy atom. The van der Waals surface area contributed by atoms with E-state index in [2.05, 4.69) is 10.3 Å². The van der Waals surface area contributed by atoms with Crippen LogP contribution in [0.3, 0.4) is 0 Å². The Morgan fingerprint density at radius 2 is 1.62 bits per heavy atom. The molecule has 4 rings (SSSR count). The molecule has 10 heteroatoms. The van der Waals surface area contributed by atoms with Crippen LogP contribution in [0.2, 0.25) is 0 Å². The molecule has 0 spiro atoms. The number of halogens is 2. The van der Waals surface area contributed by atoms with Crippen LogP contribution in [0.15, 0.2) is 79.3 Å². The largest absolute Gasteiger partial charge is 0.458 e. The summed E-state index contributed by atoms with van der Waals surface area (Å²) in [5, 5.41) is 2.87. The van der Waals surface area contributed by atoms with Crippen LogP contribution < -0.4 is 5.32 Å². The maximum absolute atomic E-state index is 13.9. The van der Waals surface area contributed by atoms with E-state index in [1.807, 2.05) is 23.9 Å².